The number of rotatable bonds is 5. The average Bonchev–Trinajstić information content (AvgIpc) is 3.17. The quantitative estimate of drug-likeness (QED) is 0.736. The van der Waals surface area contributed by atoms with Gasteiger partial charge in [0.25, 0.3) is 0 Å². The minimum absolute atomic E-state index is 0.0686. The Hall–Kier alpha value is -2.87. The van der Waals surface area contributed by atoms with E-state index in [4.69, 9.17) is 9.15 Å². The summed E-state index contributed by atoms with van der Waals surface area (Å²) in [6.07, 6.45) is 2.65. The van der Waals surface area contributed by atoms with Crippen molar-refractivity contribution >= 4 is 17.0 Å². The second-order valence-corrected chi connectivity index (χ2v) is 5.91. The molecule has 0 fully saturated rings. The highest BCUT2D eigenvalue weighted by Gasteiger charge is 2.16. The van der Waals surface area contributed by atoms with Crippen molar-refractivity contribution in [1.82, 2.24) is 19.7 Å². The third-order valence-corrected chi connectivity index (χ3v) is 4.30. The molecule has 0 saturated carbocycles. The number of fused-ring (bicyclic) bond motifs is 2. The summed E-state index contributed by atoms with van der Waals surface area (Å²) < 4.78 is 13.8. The Morgan fingerprint density at radius 2 is 2.20 bits per heavy atom. The van der Waals surface area contributed by atoms with Gasteiger partial charge in [-0.1, -0.05) is 12.1 Å². The van der Waals surface area contributed by atoms with Crippen molar-refractivity contribution < 1.29 is 13.9 Å². The molecule has 2 aromatic heterocycles. The fourth-order valence-corrected chi connectivity index (χ4v) is 3.07. The van der Waals surface area contributed by atoms with E-state index in [2.05, 4.69) is 10.4 Å². The van der Waals surface area contributed by atoms with Crippen LogP contribution in [0.15, 0.2) is 39.7 Å². The summed E-state index contributed by atoms with van der Waals surface area (Å²) in [6, 6.07) is 7.04. The number of nitrogens with one attached hydrogen (secondary N) is 1. The van der Waals surface area contributed by atoms with E-state index >= 15 is 0 Å². The summed E-state index contributed by atoms with van der Waals surface area (Å²) in [5.41, 5.74) is 3.36. The van der Waals surface area contributed by atoms with Crippen LogP contribution in [0.4, 0.5) is 0 Å². The molecule has 25 heavy (non-hydrogen) atoms. The molecule has 1 aliphatic rings. The van der Waals surface area contributed by atoms with Crippen LogP contribution in [-0.2, 0) is 35.6 Å². The number of ether oxygens (including phenoxy) is 1. The Bertz CT molecular complexity index is 969. The summed E-state index contributed by atoms with van der Waals surface area (Å²) in [5, 5.41) is 7.17. The van der Waals surface area contributed by atoms with Gasteiger partial charge in [-0.15, -0.1) is 0 Å². The second-order valence-electron chi connectivity index (χ2n) is 5.91. The molecule has 1 aliphatic heterocycles. The molecule has 1 amide bonds. The van der Waals surface area contributed by atoms with Gasteiger partial charge in [0.2, 0.25) is 5.91 Å². The smallest absolute Gasteiger partial charge is 0.408 e. The van der Waals surface area contributed by atoms with E-state index in [9.17, 15) is 9.59 Å². The zero-order valence-corrected chi connectivity index (χ0v) is 13.6. The van der Waals surface area contributed by atoms with E-state index in [-0.39, 0.29) is 12.5 Å². The van der Waals surface area contributed by atoms with Gasteiger partial charge in [0.05, 0.1) is 31.5 Å². The topological polar surface area (TPSA) is 91.3 Å². The third-order valence-electron chi connectivity index (χ3n) is 4.30. The lowest BCUT2D eigenvalue weighted by molar-refractivity contribution is -0.121. The molecule has 0 radical (unpaired) electrons. The number of nitrogens with zero attached hydrogens (tertiary/aromatic N) is 3. The Balaban J connectivity index is 1.37. The summed E-state index contributed by atoms with van der Waals surface area (Å²) in [4.78, 5) is 24.0. The number of carbonyl (C=O) groups excluding carboxylic acids is 1. The van der Waals surface area contributed by atoms with Crippen molar-refractivity contribution in [3.05, 3.63) is 52.3 Å². The van der Waals surface area contributed by atoms with E-state index in [0.717, 1.165) is 17.7 Å². The van der Waals surface area contributed by atoms with E-state index < -0.39 is 5.76 Å². The van der Waals surface area contributed by atoms with E-state index in [1.807, 2.05) is 10.9 Å². The van der Waals surface area contributed by atoms with Gasteiger partial charge >= 0.3 is 5.76 Å². The lowest BCUT2D eigenvalue weighted by Gasteiger charge is -2.14. The molecule has 8 nitrogen and oxygen atoms in total. The van der Waals surface area contributed by atoms with Crippen molar-refractivity contribution in [3.63, 3.8) is 0 Å². The van der Waals surface area contributed by atoms with Crippen molar-refractivity contribution in [1.29, 1.82) is 0 Å². The molecule has 0 bridgehead atoms. The van der Waals surface area contributed by atoms with Crippen LogP contribution < -0.4 is 11.1 Å². The molecule has 0 spiro atoms. The molecule has 0 unspecified atom stereocenters. The van der Waals surface area contributed by atoms with Crippen LogP contribution in [-0.4, -0.2) is 33.4 Å². The van der Waals surface area contributed by atoms with Gasteiger partial charge in [0.15, 0.2) is 5.58 Å². The number of para-hydroxylation sites is 2. The number of hydrogen-bond donors (Lipinski definition) is 1. The average molecular weight is 342 g/mol. The fraction of sp³-hybridized carbons (Fsp3) is 0.353. The van der Waals surface area contributed by atoms with E-state index in [1.54, 1.807) is 24.3 Å². The normalized spacial score (nSPS) is 13.8. The van der Waals surface area contributed by atoms with Crippen molar-refractivity contribution in [2.75, 3.05) is 13.2 Å². The van der Waals surface area contributed by atoms with Crippen LogP contribution in [0.2, 0.25) is 0 Å². The van der Waals surface area contributed by atoms with Gasteiger partial charge in [-0.25, -0.2) is 4.79 Å². The third kappa shape index (κ3) is 3.08. The maximum atomic E-state index is 12.2. The zero-order chi connectivity index (χ0) is 17.2. The SMILES string of the molecule is O=C(Cn1c(=O)oc2ccccc21)NCCn1ncc2c1CCOC2. The number of oxazole rings is 1. The Morgan fingerprint density at radius 1 is 1.32 bits per heavy atom. The van der Waals surface area contributed by atoms with Gasteiger partial charge in [-0.05, 0) is 12.1 Å². The number of amides is 1. The molecule has 1 aromatic carbocycles. The van der Waals surface area contributed by atoms with Gasteiger partial charge < -0.3 is 14.5 Å². The van der Waals surface area contributed by atoms with Crippen LogP contribution in [0.5, 0.6) is 0 Å². The van der Waals surface area contributed by atoms with Crippen LogP contribution in [0.3, 0.4) is 0 Å². The Morgan fingerprint density at radius 3 is 3.12 bits per heavy atom. The highest BCUT2D eigenvalue weighted by molar-refractivity contribution is 5.79. The molecule has 4 rings (SSSR count). The molecular formula is C17H18N4O4. The second kappa shape index (κ2) is 6.56. The minimum atomic E-state index is -0.530. The number of hydrogen-bond acceptors (Lipinski definition) is 5. The summed E-state index contributed by atoms with van der Waals surface area (Å²) >= 11 is 0. The zero-order valence-electron chi connectivity index (χ0n) is 13.6. The van der Waals surface area contributed by atoms with Gasteiger partial charge in [0.1, 0.15) is 6.54 Å². The van der Waals surface area contributed by atoms with Crippen LogP contribution >= 0.6 is 0 Å². The van der Waals surface area contributed by atoms with Gasteiger partial charge in [0, 0.05) is 24.2 Å². The minimum Gasteiger partial charge on any atom is -0.408 e. The first-order chi connectivity index (χ1) is 12.2. The molecule has 0 saturated heterocycles. The largest absolute Gasteiger partial charge is 0.420 e. The predicted octanol–water partition coefficient (Wildman–Crippen LogP) is 0.680. The molecule has 0 atom stereocenters. The Kier molecular flexibility index (Phi) is 4.10. The molecule has 3 aromatic rings. The molecule has 3 heterocycles. The molecule has 130 valence electrons. The maximum Gasteiger partial charge on any atom is 0.420 e. The predicted molar refractivity (Wildman–Crippen MR) is 89.1 cm³/mol. The molecule has 8 heteroatoms. The standard InChI is InChI=1S/C17H18N4O4/c22-16(10-20-14-3-1-2-4-15(14)25-17(20)23)18-6-7-21-13-5-8-24-11-12(13)9-19-21/h1-4,9H,5-8,10-11H2,(H,18,22). The fourth-order valence-electron chi connectivity index (χ4n) is 3.07. The first-order valence-corrected chi connectivity index (χ1v) is 8.19. The van der Waals surface area contributed by atoms with Gasteiger partial charge in [-0.3, -0.25) is 14.0 Å². The summed E-state index contributed by atoms with van der Waals surface area (Å²) in [7, 11) is 0. The van der Waals surface area contributed by atoms with Crippen molar-refractivity contribution in [3.8, 4) is 0 Å². The first kappa shape index (κ1) is 15.6. The summed E-state index contributed by atoms with van der Waals surface area (Å²) in [5.74, 6) is -0.768. The van der Waals surface area contributed by atoms with E-state index in [0.29, 0.717) is 37.4 Å². The van der Waals surface area contributed by atoms with E-state index in [1.165, 1.54) is 4.57 Å². The van der Waals surface area contributed by atoms with Crippen molar-refractivity contribution in [2.45, 2.75) is 26.1 Å². The van der Waals surface area contributed by atoms with Crippen LogP contribution in [0, 0.1) is 0 Å². The summed E-state index contributed by atoms with van der Waals surface area (Å²) in [6.45, 7) is 2.25. The number of benzene rings is 1. The monoisotopic (exact) mass is 342 g/mol. The highest BCUT2D eigenvalue weighted by atomic mass is 16.5. The first-order valence-electron chi connectivity index (χ1n) is 8.19. The van der Waals surface area contributed by atoms with Crippen LogP contribution in [0.25, 0.3) is 11.1 Å². The Labute approximate surface area is 143 Å². The number of aromatic nitrogens is 3. The maximum absolute atomic E-state index is 12.2. The lowest BCUT2D eigenvalue weighted by Crippen LogP contribution is -2.33. The molecular weight excluding hydrogens is 324 g/mol. The van der Waals surface area contributed by atoms with Gasteiger partial charge in [-0.2, -0.15) is 5.10 Å². The number of carbonyl (C=O) groups is 1. The molecule has 1 N–H and O–H groups in total. The van der Waals surface area contributed by atoms with Crippen LogP contribution in [0.1, 0.15) is 11.3 Å². The van der Waals surface area contributed by atoms with Crippen molar-refractivity contribution in [2.24, 2.45) is 0 Å². The molecule has 0 aliphatic carbocycles. The lowest BCUT2D eigenvalue weighted by atomic mass is 10.2. The highest BCUT2D eigenvalue weighted by Crippen LogP contribution is 2.15.